The number of carbonyl (C=O) groups is 1. The quantitative estimate of drug-likeness (QED) is 0.520. The fourth-order valence-electron chi connectivity index (χ4n) is 3.68. The molecule has 3 rings (SSSR count). The normalized spacial score (nSPS) is 14.9. The van der Waals surface area contributed by atoms with Crippen LogP contribution in [0.15, 0.2) is 53.5 Å². The zero-order valence-electron chi connectivity index (χ0n) is 18.2. The minimum atomic E-state index is -0.395. The van der Waals surface area contributed by atoms with Gasteiger partial charge in [-0.1, -0.05) is 30.3 Å². The Morgan fingerprint density at radius 1 is 1.13 bits per heavy atom. The maximum Gasteiger partial charge on any atom is 0.220 e. The van der Waals surface area contributed by atoms with E-state index in [1.807, 2.05) is 31.2 Å². The molecule has 0 bridgehead atoms. The van der Waals surface area contributed by atoms with Crippen LogP contribution < -0.4 is 15.4 Å². The number of likely N-dealkylation sites (tertiary alicyclic amines) is 1. The molecule has 0 saturated carbocycles. The number of guanidine groups is 1. The molecule has 0 atom stereocenters. The van der Waals surface area contributed by atoms with Gasteiger partial charge in [-0.3, -0.25) is 4.79 Å². The van der Waals surface area contributed by atoms with Gasteiger partial charge in [0.15, 0.2) is 17.5 Å². The summed E-state index contributed by atoms with van der Waals surface area (Å²) in [5, 5.41) is 6.07. The number of ether oxygens (including phenoxy) is 1. The number of carbonyl (C=O) groups excluding carboxylic acids is 1. The number of hydrogen-bond donors (Lipinski definition) is 2. The number of nitrogens with one attached hydrogen (secondary N) is 2. The molecule has 1 amide bonds. The fourth-order valence-corrected chi connectivity index (χ4v) is 3.68. The van der Waals surface area contributed by atoms with Gasteiger partial charge in [0.25, 0.3) is 0 Å². The second-order valence-electron chi connectivity index (χ2n) is 7.62. The molecule has 0 aromatic heterocycles. The lowest BCUT2D eigenvalue weighted by Gasteiger charge is -2.34. The van der Waals surface area contributed by atoms with E-state index in [0.29, 0.717) is 24.6 Å². The highest BCUT2D eigenvalue weighted by atomic mass is 19.1. The molecule has 1 heterocycles. The van der Waals surface area contributed by atoms with Crippen molar-refractivity contribution in [3.63, 3.8) is 0 Å². The first-order valence-electron chi connectivity index (χ1n) is 10.8. The van der Waals surface area contributed by atoms with Crippen molar-refractivity contribution in [3.05, 3.63) is 59.9 Å². The van der Waals surface area contributed by atoms with Crippen LogP contribution in [-0.2, 0) is 11.3 Å². The second-order valence-corrected chi connectivity index (χ2v) is 7.62. The first-order valence-corrected chi connectivity index (χ1v) is 10.8. The van der Waals surface area contributed by atoms with E-state index in [4.69, 9.17) is 9.73 Å². The van der Waals surface area contributed by atoms with E-state index in [0.717, 1.165) is 44.0 Å². The molecule has 1 fully saturated rings. The Balaban J connectivity index is 1.67. The third-order valence-electron chi connectivity index (χ3n) is 5.43. The van der Waals surface area contributed by atoms with Gasteiger partial charge in [-0.05, 0) is 43.9 Å². The molecular formula is C24H31FN4O2. The van der Waals surface area contributed by atoms with Crippen molar-refractivity contribution in [2.24, 2.45) is 10.9 Å². The van der Waals surface area contributed by atoms with Crippen molar-refractivity contribution in [2.75, 3.05) is 26.7 Å². The predicted molar refractivity (Wildman–Crippen MR) is 121 cm³/mol. The number of piperidine rings is 1. The Kier molecular flexibility index (Phi) is 8.27. The molecule has 7 heteroatoms. The van der Waals surface area contributed by atoms with Crippen molar-refractivity contribution in [3.8, 4) is 11.5 Å². The standard InChI is InChI=1S/C24H31FN4O2/c1-3-27-24(29-14-12-18(13-15-29)16-23(30)26-2)28-17-19-8-4-6-10-21(19)31-22-11-7-5-9-20(22)25/h4-11,18H,3,12-17H2,1-2H3,(H,26,30)(H,27,28). The summed E-state index contributed by atoms with van der Waals surface area (Å²) in [5.41, 5.74) is 0.885. The van der Waals surface area contributed by atoms with E-state index >= 15 is 0 Å². The van der Waals surface area contributed by atoms with E-state index in [-0.39, 0.29) is 11.7 Å². The van der Waals surface area contributed by atoms with Gasteiger partial charge in [0.05, 0.1) is 6.54 Å². The number of rotatable bonds is 7. The molecule has 0 aliphatic carbocycles. The molecule has 6 nitrogen and oxygen atoms in total. The molecule has 0 unspecified atom stereocenters. The summed E-state index contributed by atoms with van der Waals surface area (Å²) in [6, 6.07) is 13.9. The zero-order chi connectivity index (χ0) is 22.1. The van der Waals surface area contributed by atoms with Crippen LogP contribution in [0.3, 0.4) is 0 Å². The van der Waals surface area contributed by atoms with Crippen LogP contribution in [0.25, 0.3) is 0 Å². The van der Waals surface area contributed by atoms with E-state index in [1.165, 1.54) is 6.07 Å². The molecule has 1 saturated heterocycles. The van der Waals surface area contributed by atoms with Crippen molar-refractivity contribution < 1.29 is 13.9 Å². The summed E-state index contributed by atoms with van der Waals surface area (Å²) >= 11 is 0. The molecule has 0 spiro atoms. The summed E-state index contributed by atoms with van der Waals surface area (Å²) in [6.45, 7) is 4.96. The lowest BCUT2D eigenvalue weighted by atomic mass is 9.93. The topological polar surface area (TPSA) is 66.0 Å². The first kappa shape index (κ1) is 22.6. The second kappa shape index (κ2) is 11.3. The van der Waals surface area contributed by atoms with Gasteiger partial charge < -0.3 is 20.3 Å². The fraction of sp³-hybridized carbons (Fsp3) is 0.417. The maximum atomic E-state index is 14.0. The molecule has 2 aromatic carbocycles. The minimum absolute atomic E-state index is 0.102. The largest absolute Gasteiger partial charge is 0.454 e. The van der Waals surface area contributed by atoms with Crippen LogP contribution in [0.1, 0.15) is 31.7 Å². The zero-order valence-corrected chi connectivity index (χ0v) is 18.2. The Hall–Kier alpha value is -3.09. The Morgan fingerprint density at radius 2 is 1.81 bits per heavy atom. The first-order chi connectivity index (χ1) is 15.1. The van der Waals surface area contributed by atoms with Crippen LogP contribution >= 0.6 is 0 Å². The number of nitrogens with zero attached hydrogens (tertiary/aromatic N) is 2. The number of benzene rings is 2. The SMILES string of the molecule is CCNC(=NCc1ccccc1Oc1ccccc1F)N1CCC(CC(=O)NC)CC1. The Morgan fingerprint density at radius 3 is 2.48 bits per heavy atom. The van der Waals surface area contributed by atoms with Crippen LogP contribution in [0.4, 0.5) is 4.39 Å². The molecule has 2 aromatic rings. The molecule has 0 radical (unpaired) electrons. The minimum Gasteiger partial charge on any atom is -0.454 e. The third kappa shape index (κ3) is 6.44. The number of aliphatic imine (C=N–C) groups is 1. The number of hydrogen-bond acceptors (Lipinski definition) is 3. The molecule has 31 heavy (non-hydrogen) atoms. The third-order valence-corrected chi connectivity index (χ3v) is 5.43. The van der Waals surface area contributed by atoms with Gasteiger partial charge in [0, 0.05) is 38.7 Å². The van der Waals surface area contributed by atoms with Crippen molar-refractivity contribution in [1.82, 2.24) is 15.5 Å². The van der Waals surface area contributed by atoms with Gasteiger partial charge in [-0.2, -0.15) is 0 Å². The molecule has 1 aliphatic rings. The van der Waals surface area contributed by atoms with Gasteiger partial charge in [-0.25, -0.2) is 9.38 Å². The molecule has 1 aliphatic heterocycles. The highest BCUT2D eigenvalue weighted by molar-refractivity contribution is 5.80. The van der Waals surface area contributed by atoms with Crippen molar-refractivity contribution in [1.29, 1.82) is 0 Å². The highest BCUT2D eigenvalue weighted by Crippen LogP contribution is 2.28. The molecular weight excluding hydrogens is 395 g/mol. The summed E-state index contributed by atoms with van der Waals surface area (Å²) < 4.78 is 19.8. The average molecular weight is 427 g/mol. The van der Waals surface area contributed by atoms with Crippen molar-refractivity contribution >= 4 is 11.9 Å². The number of halogens is 1. The monoisotopic (exact) mass is 426 g/mol. The van der Waals surface area contributed by atoms with Crippen LogP contribution in [0, 0.1) is 11.7 Å². The van der Waals surface area contributed by atoms with E-state index in [2.05, 4.69) is 15.5 Å². The summed E-state index contributed by atoms with van der Waals surface area (Å²) in [4.78, 5) is 18.7. The lowest BCUT2D eigenvalue weighted by molar-refractivity contribution is -0.121. The van der Waals surface area contributed by atoms with E-state index in [1.54, 1.807) is 25.2 Å². The molecule has 166 valence electrons. The van der Waals surface area contributed by atoms with Gasteiger partial charge in [-0.15, -0.1) is 0 Å². The van der Waals surface area contributed by atoms with Gasteiger partial charge in [0.1, 0.15) is 5.75 Å². The smallest absolute Gasteiger partial charge is 0.220 e. The Labute approximate surface area is 183 Å². The highest BCUT2D eigenvalue weighted by Gasteiger charge is 2.23. The van der Waals surface area contributed by atoms with E-state index in [9.17, 15) is 9.18 Å². The Bertz CT molecular complexity index is 895. The average Bonchev–Trinajstić information content (AvgIpc) is 2.79. The lowest BCUT2D eigenvalue weighted by Crippen LogP contribution is -2.46. The van der Waals surface area contributed by atoms with Gasteiger partial charge in [0.2, 0.25) is 5.91 Å². The predicted octanol–water partition coefficient (Wildman–Crippen LogP) is 3.93. The number of para-hydroxylation sites is 2. The summed E-state index contributed by atoms with van der Waals surface area (Å²) in [5.74, 6) is 1.76. The summed E-state index contributed by atoms with van der Waals surface area (Å²) in [6.07, 6.45) is 2.51. The van der Waals surface area contributed by atoms with Crippen molar-refractivity contribution in [2.45, 2.75) is 32.7 Å². The van der Waals surface area contributed by atoms with E-state index < -0.39 is 5.82 Å². The maximum absolute atomic E-state index is 14.0. The molecule has 2 N–H and O–H groups in total. The summed E-state index contributed by atoms with van der Waals surface area (Å²) in [7, 11) is 1.68. The van der Waals surface area contributed by atoms with Crippen LogP contribution in [0.2, 0.25) is 0 Å². The van der Waals surface area contributed by atoms with Crippen LogP contribution in [0.5, 0.6) is 11.5 Å². The van der Waals surface area contributed by atoms with Crippen LogP contribution in [-0.4, -0.2) is 43.4 Å². The van der Waals surface area contributed by atoms with Gasteiger partial charge >= 0.3 is 0 Å². The number of amides is 1.